The summed E-state index contributed by atoms with van der Waals surface area (Å²) in [6, 6.07) is 9.73. The van der Waals surface area contributed by atoms with E-state index in [0.717, 1.165) is 12.5 Å². The Kier molecular flexibility index (Phi) is 6.06. The van der Waals surface area contributed by atoms with Crippen molar-refractivity contribution in [2.75, 3.05) is 27.2 Å². The molecule has 1 N–H and O–H groups in total. The summed E-state index contributed by atoms with van der Waals surface area (Å²) in [7, 11) is 4.33. The molecule has 1 aliphatic rings. The van der Waals surface area contributed by atoms with E-state index in [1.165, 1.54) is 38.6 Å². The summed E-state index contributed by atoms with van der Waals surface area (Å²) in [6.45, 7) is 4.47. The van der Waals surface area contributed by atoms with Crippen molar-refractivity contribution in [3.05, 3.63) is 35.4 Å². The van der Waals surface area contributed by atoms with Crippen LogP contribution in [-0.2, 0) is 6.42 Å². The maximum atomic E-state index is 3.69. The van der Waals surface area contributed by atoms with Crippen molar-refractivity contribution in [3.8, 4) is 0 Å². The molecule has 0 amide bonds. The first-order chi connectivity index (χ1) is 9.70. The van der Waals surface area contributed by atoms with Gasteiger partial charge in [0.15, 0.2) is 0 Å². The normalized spacial score (nSPS) is 19.9. The third-order valence-corrected chi connectivity index (χ3v) is 4.48. The van der Waals surface area contributed by atoms with Crippen LogP contribution in [0.5, 0.6) is 0 Å². The first kappa shape index (κ1) is 15.5. The number of hydrogen-bond acceptors (Lipinski definition) is 2. The molecule has 0 saturated carbocycles. The first-order valence-electron chi connectivity index (χ1n) is 8.16. The third-order valence-electron chi connectivity index (χ3n) is 4.48. The molecule has 2 rings (SSSR count). The van der Waals surface area contributed by atoms with E-state index in [4.69, 9.17) is 0 Å². The lowest BCUT2D eigenvalue weighted by atomic mass is 9.79. The zero-order valence-electron chi connectivity index (χ0n) is 13.4. The van der Waals surface area contributed by atoms with Crippen LogP contribution >= 0.6 is 0 Å². The maximum absolute atomic E-state index is 3.69. The van der Waals surface area contributed by atoms with Gasteiger partial charge < -0.3 is 10.2 Å². The highest BCUT2D eigenvalue weighted by molar-refractivity contribution is 5.32. The van der Waals surface area contributed by atoms with Crippen molar-refractivity contribution in [1.82, 2.24) is 10.2 Å². The van der Waals surface area contributed by atoms with Gasteiger partial charge in [0.2, 0.25) is 0 Å². The molecule has 1 aliphatic carbocycles. The van der Waals surface area contributed by atoms with Gasteiger partial charge in [-0.15, -0.1) is 0 Å². The molecular formula is C18H30N2. The van der Waals surface area contributed by atoms with E-state index in [1.807, 2.05) is 0 Å². The predicted octanol–water partition coefficient (Wildman–Crippen LogP) is 3.43. The summed E-state index contributed by atoms with van der Waals surface area (Å²) in [5, 5.41) is 3.69. The zero-order valence-corrected chi connectivity index (χ0v) is 13.4. The molecule has 2 atom stereocenters. The second-order valence-electron chi connectivity index (χ2n) is 6.37. The third kappa shape index (κ3) is 4.32. The van der Waals surface area contributed by atoms with Crippen LogP contribution in [0, 0.1) is 0 Å². The molecule has 0 radical (unpaired) electrons. The van der Waals surface area contributed by atoms with Gasteiger partial charge in [0.25, 0.3) is 0 Å². The van der Waals surface area contributed by atoms with Crippen molar-refractivity contribution in [3.63, 3.8) is 0 Å². The van der Waals surface area contributed by atoms with Crippen LogP contribution < -0.4 is 5.32 Å². The van der Waals surface area contributed by atoms with Gasteiger partial charge in [-0.2, -0.15) is 0 Å². The predicted molar refractivity (Wildman–Crippen MR) is 87.4 cm³/mol. The quantitative estimate of drug-likeness (QED) is 0.819. The summed E-state index contributed by atoms with van der Waals surface area (Å²) >= 11 is 0. The minimum atomic E-state index is 0.651. The van der Waals surface area contributed by atoms with Crippen molar-refractivity contribution in [2.45, 2.75) is 51.0 Å². The Morgan fingerprint density at radius 2 is 2.10 bits per heavy atom. The van der Waals surface area contributed by atoms with Gasteiger partial charge in [-0.3, -0.25) is 0 Å². The van der Waals surface area contributed by atoms with Crippen LogP contribution in [0.2, 0.25) is 0 Å². The number of hydrogen-bond donors (Lipinski definition) is 1. The summed E-state index contributed by atoms with van der Waals surface area (Å²) in [4.78, 5) is 2.29. The lowest BCUT2D eigenvalue weighted by Crippen LogP contribution is -2.34. The highest BCUT2D eigenvalue weighted by Gasteiger charge is 2.22. The summed E-state index contributed by atoms with van der Waals surface area (Å²) in [5.41, 5.74) is 3.21. The number of aryl methyl sites for hydroxylation is 1. The maximum Gasteiger partial charge on any atom is 0.00849 e. The Morgan fingerprint density at radius 1 is 1.30 bits per heavy atom. The van der Waals surface area contributed by atoms with Gasteiger partial charge in [0, 0.05) is 6.04 Å². The number of nitrogens with one attached hydrogen (secondary N) is 1. The van der Waals surface area contributed by atoms with Gasteiger partial charge in [-0.25, -0.2) is 0 Å². The molecule has 0 fully saturated rings. The smallest absolute Gasteiger partial charge is 0.00849 e. The molecule has 1 aromatic carbocycles. The molecule has 0 spiro atoms. The number of rotatable bonds is 7. The highest BCUT2D eigenvalue weighted by Crippen LogP contribution is 2.34. The van der Waals surface area contributed by atoms with E-state index in [2.05, 4.69) is 55.5 Å². The van der Waals surface area contributed by atoms with Crippen LogP contribution in [-0.4, -0.2) is 38.1 Å². The standard InChI is InChI=1S/C18H30N2/c1-4-19-17(12-13-20(2)3)14-16-10-7-9-15-8-5-6-11-18(15)16/h5-6,8,11,16-17,19H,4,7,9-10,12-14H2,1-3H3. The topological polar surface area (TPSA) is 15.3 Å². The summed E-state index contributed by atoms with van der Waals surface area (Å²) in [5.74, 6) is 0.756. The molecule has 2 nitrogen and oxygen atoms in total. The largest absolute Gasteiger partial charge is 0.314 e. The fourth-order valence-corrected chi connectivity index (χ4v) is 3.45. The molecule has 0 heterocycles. The van der Waals surface area contributed by atoms with Crippen LogP contribution in [0.15, 0.2) is 24.3 Å². The average molecular weight is 274 g/mol. The van der Waals surface area contributed by atoms with Crippen molar-refractivity contribution >= 4 is 0 Å². The van der Waals surface area contributed by atoms with Crippen LogP contribution in [0.3, 0.4) is 0 Å². The van der Waals surface area contributed by atoms with E-state index in [9.17, 15) is 0 Å². The fraction of sp³-hybridized carbons (Fsp3) is 0.667. The fourth-order valence-electron chi connectivity index (χ4n) is 3.45. The highest BCUT2D eigenvalue weighted by atomic mass is 15.1. The SMILES string of the molecule is CCNC(CCN(C)C)CC1CCCc2ccccc21. The van der Waals surface area contributed by atoms with Crippen molar-refractivity contribution < 1.29 is 0 Å². The molecule has 2 heteroatoms. The second kappa shape index (κ2) is 7.80. The van der Waals surface area contributed by atoms with Crippen LogP contribution in [0.25, 0.3) is 0 Å². The second-order valence-corrected chi connectivity index (χ2v) is 6.37. The van der Waals surface area contributed by atoms with Gasteiger partial charge >= 0.3 is 0 Å². The van der Waals surface area contributed by atoms with E-state index in [-0.39, 0.29) is 0 Å². The lowest BCUT2D eigenvalue weighted by molar-refractivity contribution is 0.333. The Bertz CT molecular complexity index is 400. The summed E-state index contributed by atoms with van der Waals surface area (Å²) < 4.78 is 0. The van der Waals surface area contributed by atoms with E-state index >= 15 is 0 Å². The average Bonchev–Trinajstić information content (AvgIpc) is 2.45. The molecule has 0 aromatic heterocycles. The molecule has 112 valence electrons. The van der Waals surface area contributed by atoms with E-state index < -0.39 is 0 Å². The molecular weight excluding hydrogens is 244 g/mol. The van der Waals surface area contributed by atoms with E-state index in [1.54, 1.807) is 11.1 Å². The van der Waals surface area contributed by atoms with E-state index in [0.29, 0.717) is 6.04 Å². The molecule has 0 saturated heterocycles. The Morgan fingerprint density at radius 3 is 2.85 bits per heavy atom. The monoisotopic (exact) mass is 274 g/mol. The van der Waals surface area contributed by atoms with Gasteiger partial charge in [-0.05, 0) is 76.3 Å². The van der Waals surface area contributed by atoms with Gasteiger partial charge in [0.05, 0.1) is 0 Å². The Hall–Kier alpha value is -0.860. The van der Waals surface area contributed by atoms with Crippen LogP contribution in [0.4, 0.5) is 0 Å². The first-order valence-corrected chi connectivity index (χ1v) is 8.16. The number of benzene rings is 1. The minimum Gasteiger partial charge on any atom is -0.314 e. The Labute approximate surface area is 124 Å². The summed E-state index contributed by atoms with van der Waals surface area (Å²) in [6.07, 6.45) is 6.53. The van der Waals surface area contributed by atoms with Gasteiger partial charge in [0.1, 0.15) is 0 Å². The zero-order chi connectivity index (χ0) is 14.4. The molecule has 1 aromatic rings. The van der Waals surface area contributed by atoms with Crippen LogP contribution in [0.1, 0.15) is 49.7 Å². The molecule has 0 bridgehead atoms. The molecule has 0 aliphatic heterocycles. The molecule has 2 unspecified atom stereocenters. The van der Waals surface area contributed by atoms with Gasteiger partial charge in [-0.1, -0.05) is 31.2 Å². The number of fused-ring (bicyclic) bond motifs is 1. The minimum absolute atomic E-state index is 0.651. The lowest BCUT2D eigenvalue weighted by Gasteiger charge is -2.30. The molecule has 20 heavy (non-hydrogen) atoms. The van der Waals surface area contributed by atoms with Crippen molar-refractivity contribution in [1.29, 1.82) is 0 Å². The Balaban J connectivity index is 2.00. The number of nitrogens with zero attached hydrogens (tertiary/aromatic N) is 1. The van der Waals surface area contributed by atoms with Crippen molar-refractivity contribution in [2.24, 2.45) is 0 Å².